The van der Waals surface area contributed by atoms with Crippen molar-refractivity contribution in [2.75, 3.05) is 39.5 Å². The molecule has 2 aliphatic rings. The monoisotopic (exact) mass is 428 g/mol. The lowest BCUT2D eigenvalue weighted by Gasteiger charge is -2.27. The Morgan fingerprint density at radius 2 is 1.83 bits per heavy atom. The van der Waals surface area contributed by atoms with Crippen molar-refractivity contribution in [1.29, 1.82) is 0 Å². The first kappa shape index (κ1) is 20.7. The summed E-state index contributed by atoms with van der Waals surface area (Å²) in [5, 5.41) is 3.44. The number of carbonyl (C=O) groups is 1. The average Bonchev–Trinajstić information content (AvgIpc) is 2.78. The minimum absolute atomic E-state index is 0.165. The molecule has 0 saturated carbocycles. The topological polar surface area (TPSA) is 60.0 Å². The van der Waals surface area contributed by atoms with Gasteiger partial charge in [0.2, 0.25) is 5.91 Å². The van der Waals surface area contributed by atoms with Gasteiger partial charge in [-0.2, -0.15) is 0 Å². The molecule has 1 amide bonds. The van der Waals surface area contributed by atoms with Gasteiger partial charge in [-0.05, 0) is 34.9 Å². The van der Waals surface area contributed by atoms with E-state index < -0.39 is 0 Å². The molecule has 158 valence electrons. The van der Waals surface area contributed by atoms with Gasteiger partial charge in [-0.15, -0.1) is 0 Å². The molecule has 0 spiro atoms. The molecule has 1 fully saturated rings. The van der Waals surface area contributed by atoms with Crippen LogP contribution < -0.4 is 14.8 Å². The first-order valence-electron chi connectivity index (χ1n) is 10.1. The maximum absolute atomic E-state index is 12.4. The van der Waals surface area contributed by atoms with Gasteiger partial charge in [-0.1, -0.05) is 35.9 Å². The molecule has 0 radical (unpaired) electrons. The highest BCUT2D eigenvalue weighted by molar-refractivity contribution is 6.32. The standard InChI is InChI=1S/C23H25ClN2O4/c24-20-13-17(14-21-23(20)30-12-11-29-21)5-6-22(27)25-15-18-3-1-2-4-19(18)16-26-7-9-28-10-8-26/h1-6,13-14H,7-12,15-16H2,(H,25,27)/b6-5+. The smallest absolute Gasteiger partial charge is 0.244 e. The molecular formula is C23H25ClN2O4. The Kier molecular flexibility index (Phi) is 6.89. The summed E-state index contributed by atoms with van der Waals surface area (Å²) in [4.78, 5) is 14.7. The van der Waals surface area contributed by atoms with Crippen molar-refractivity contribution >= 4 is 23.6 Å². The van der Waals surface area contributed by atoms with Gasteiger partial charge in [0.05, 0.1) is 18.2 Å². The fraction of sp³-hybridized carbons (Fsp3) is 0.348. The number of halogens is 1. The van der Waals surface area contributed by atoms with E-state index in [0.29, 0.717) is 36.3 Å². The molecule has 1 saturated heterocycles. The van der Waals surface area contributed by atoms with E-state index in [2.05, 4.69) is 22.3 Å². The number of nitrogens with one attached hydrogen (secondary N) is 1. The molecular weight excluding hydrogens is 404 g/mol. The van der Waals surface area contributed by atoms with Gasteiger partial charge in [0.15, 0.2) is 11.5 Å². The Morgan fingerprint density at radius 3 is 2.67 bits per heavy atom. The fourth-order valence-electron chi connectivity index (χ4n) is 3.52. The Bertz CT molecular complexity index is 925. The third-order valence-electron chi connectivity index (χ3n) is 5.12. The van der Waals surface area contributed by atoms with Crippen LogP contribution in [0.15, 0.2) is 42.5 Å². The molecule has 2 aliphatic heterocycles. The van der Waals surface area contributed by atoms with E-state index in [0.717, 1.165) is 44.0 Å². The predicted molar refractivity (Wildman–Crippen MR) is 116 cm³/mol. The molecule has 30 heavy (non-hydrogen) atoms. The molecule has 2 heterocycles. The highest BCUT2D eigenvalue weighted by Crippen LogP contribution is 2.38. The second kappa shape index (κ2) is 9.98. The van der Waals surface area contributed by atoms with Crippen molar-refractivity contribution in [3.63, 3.8) is 0 Å². The highest BCUT2D eigenvalue weighted by Gasteiger charge is 2.16. The van der Waals surface area contributed by atoms with Crippen LogP contribution in [-0.4, -0.2) is 50.3 Å². The van der Waals surface area contributed by atoms with Crippen LogP contribution in [0.3, 0.4) is 0 Å². The van der Waals surface area contributed by atoms with E-state index in [9.17, 15) is 4.79 Å². The second-order valence-electron chi connectivity index (χ2n) is 7.24. The van der Waals surface area contributed by atoms with Gasteiger partial charge >= 0.3 is 0 Å². The van der Waals surface area contributed by atoms with Gasteiger partial charge in [0.1, 0.15) is 13.2 Å². The molecule has 0 unspecified atom stereocenters. The van der Waals surface area contributed by atoms with Crippen molar-refractivity contribution in [2.24, 2.45) is 0 Å². The molecule has 0 atom stereocenters. The van der Waals surface area contributed by atoms with Crippen LogP contribution in [-0.2, 0) is 22.6 Å². The SMILES string of the molecule is O=C(/C=C/c1cc(Cl)c2c(c1)OCCO2)NCc1ccccc1CN1CCOCC1. The Morgan fingerprint density at radius 1 is 1.07 bits per heavy atom. The first-order chi connectivity index (χ1) is 14.7. The molecule has 2 aromatic carbocycles. The van der Waals surface area contributed by atoms with Crippen LogP contribution in [0.25, 0.3) is 6.08 Å². The van der Waals surface area contributed by atoms with Crippen LogP contribution in [0.4, 0.5) is 0 Å². The van der Waals surface area contributed by atoms with Crippen LogP contribution >= 0.6 is 11.6 Å². The zero-order valence-electron chi connectivity index (χ0n) is 16.7. The Balaban J connectivity index is 1.35. The predicted octanol–water partition coefficient (Wildman–Crippen LogP) is 3.27. The number of carbonyl (C=O) groups excluding carboxylic acids is 1. The first-order valence-corrected chi connectivity index (χ1v) is 10.5. The van der Waals surface area contributed by atoms with Gasteiger partial charge < -0.3 is 19.5 Å². The number of hydrogen-bond acceptors (Lipinski definition) is 5. The highest BCUT2D eigenvalue weighted by atomic mass is 35.5. The lowest BCUT2D eigenvalue weighted by molar-refractivity contribution is -0.116. The Labute approximate surface area is 181 Å². The van der Waals surface area contributed by atoms with E-state index in [-0.39, 0.29) is 5.91 Å². The normalized spacial score (nSPS) is 16.6. The van der Waals surface area contributed by atoms with Crippen molar-refractivity contribution in [3.8, 4) is 11.5 Å². The number of benzene rings is 2. The number of ether oxygens (including phenoxy) is 3. The van der Waals surface area contributed by atoms with Crippen LogP contribution in [0.2, 0.25) is 5.02 Å². The van der Waals surface area contributed by atoms with Gasteiger partial charge in [0.25, 0.3) is 0 Å². The minimum atomic E-state index is -0.165. The molecule has 1 N–H and O–H groups in total. The Hall–Kier alpha value is -2.54. The minimum Gasteiger partial charge on any atom is -0.486 e. The van der Waals surface area contributed by atoms with Crippen molar-refractivity contribution in [1.82, 2.24) is 10.2 Å². The maximum atomic E-state index is 12.4. The zero-order valence-corrected chi connectivity index (χ0v) is 17.5. The van der Waals surface area contributed by atoms with E-state index in [4.69, 9.17) is 25.8 Å². The summed E-state index contributed by atoms with van der Waals surface area (Å²) in [6.07, 6.45) is 3.23. The fourth-order valence-corrected chi connectivity index (χ4v) is 3.80. The number of fused-ring (bicyclic) bond motifs is 1. The summed E-state index contributed by atoms with van der Waals surface area (Å²) < 4.78 is 16.5. The summed E-state index contributed by atoms with van der Waals surface area (Å²) in [7, 11) is 0. The van der Waals surface area contributed by atoms with E-state index in [1.54, 1.807) is 12.1 Å². The van der Waals surface area contributed by atoms with Crippen molar-refractivity contribution < 1.29 is 19.0 Å². The molecule has 4 rings (SSSR count). The second-order valence-corrected chi connectivity index (χ2v) is 7.64. The van der Waals surface area contributed by atoms with E-state index in [1.165, 1.54) is 11.6 Å². The van der Waals surface area contributed by atoms with Crippen LogP contribution in [0.5, 0.6) is 11.5 Å². The van der Waals surface area contributed by atoms with Gasteiger partial charge in [0, 0.05) is 32.3 Å². The van der Waals surface area contributed by atoms with Crippen molar-refractivity contribution in [2.45, 2.75) is 13.1 Å². The number of nitrogens with zero attached hydrogens (tertiary/aromatic N) is 1. The summed E-state index contributed by atoms with van der Waals surface area (Å²) in [5.41, 5.74) is 3.13. The van der Waals surface area contributed by atoms with E-state index in [1.807, 2.05) is 18.2 Å². The molecule has 0 bridgehead atoms. The third kappa shape index (κ3) is 5.33. The number of rotatable bonds is 6. The maximum Gasteiger partial charge on any atom is 0.244 e. The lowest BCUT2D eigenvalue weighted by atomic mass is 10.1. The number of amides is 1. The quantitative estimate of drug-likeness (QED) is 0.715. The van der Waals surface area contributed by atoms with Crippen LogP contribution in [0, 0.1) is 0 Å². The average molecular weight is 429 g/mol. The summed E-state index contributed by atoms with van der Waals surface area (Å²) in [6, 6.07) is 11.8. The van der Waals surface area contributed by atoms with Crippen LogP contribution in [0.1, 0.15) is 16.7 Å². The largest absolute Gasteiger partial charge is 0.486 e. The molecule has 7 heteroatoms. The summed E-state index contributed by atoms with van der Waals surface area (Å²) in [6.45, 7) is 5.72. The lowest BCUT2D eigenvalue weighted by Crippen LogP contribution is -2.36. The third-order valence-corrected chi connectivity index (χ3v) is 5.40. The van der Waals surface area contributed by atoms with Crippen molar-refractivity contribution in [3.05, 3.63) is 64.2 Å². The summed E-state index contributed by atoms with van der Waals surface area (Å²) >= 11 is 6.25. The zero-order chi connectivity index (χ0) is 20.8. The molecule has 2 aromatic rings. The molecule has 0 aliphatic carbocycles. The molecule has 0 aromatic heterocycles. The molecule has 6 nitrogen and oxygen atoms in total. The summed E-state index contributed by atoms with van der Waals surface area (Å²) in [5.74, 6) is 0.995. The number of morpholine rings is 1. The van der Waals surface area contributed by atoms with Gasteiger partial charge in [-0.3, -0.25) is 9.69 Å². The van der Waals surface area contributed by atoms with E-state index >= 15 is 0 Å². The van der Waals surface area contributed by atoms with Gasteiger partial charge in [-0.25, -0.2) is 0 Å². The number of hydrogen-bond donors (Lipinski definition) is 1.